The minimum absolute atomic E-state index is 0. The van der Waals surface area contributed by atoms with E-state index in [1.54, 1.807) is 7.11 Å². The average Bonchev–Trinajstić information content (AvgIpc) is 2.52. The van der Waals surface area contributed by atoms with Gasteiger partial charge >= 0.3 is 0 Å². The number of carbonyl (C=O) groups is 2. The number of carbonyl (C=O) groups excluding carboxylic acids is 2. The van der Waals surface area contributed by atoms with Crippen LogP contribution in [0.2, 0.25) is 0 Å². The number of nitrogens with one attached hydrogen (secondary N) is 3. The molecule has 0 aromatic heterocycles. The van der Waals surface area contributed by atoms with Gasteiger partial charge in [-0.1, -0.05) is 0 Å². The second-order valence-electron chi connectivity index (χ2n) is 5.00. The molecule has 2 amide bonds. The standard InChI is InChI=1S/C16H25N3O3S.ClH/c1-12(16(21)18-9-8-17-10-11-22-3)23-15-6-4-14(5-7-15)19-13(2)20;/h4-7,12,17H,8-11H2,1-3H3,(H,18,21)(H,19,20);1H. The van der Waals surface area contributed by atoms with Crippen LogP contribution < -0.4 is 16.0 Å². The third-order valence-corrected chi connectivity index (χ3v) is 4.05. The summed E-state index contributed by atoms with van der Waals surface area (Å²) < 4.78 is 4.93. The van der Waals surface area contributed by atoms with Crippen LogP contribution in [0.4, 0.5) is 5.69 Å². The lowest BCUT2D eigenvalue weighted by Gasteiger charge is -2.12. The predicted molar refractivity (Wildman–Crippen MR) is 101 cm³/mol. The van der Waals surface area contributed by atoms with E-state index in [-0.39, 0.29) is 29.5 Å². The van der Waals surface area contributed by atoms with Gasteiger partial charge in [-0.05, 0) is 31.2 Å². The van der Waals surface area contributed by atoms with E-state index >= 15 is 0 Å². The highest BCUT2D eigenvalue weighted by molar-refractivity contribution is 8.00. The van der Waals surface area contributed by atoms with Crippen molar-refractivity contribution in [2.75, 3.05) is 38.7 Å². The molecule has 1 atom stereocenters. The summed E-state index contributed by atoms with van der Waals surface area (Å²) in [5.41, 5.74) is 0.751. The Hall–Kier alpha value is -1.28. The van der Waals surface area contributed by atoms with Crippen molar-refractivity contribution in [3.05, 3.63) is 24.3 Å². The largest absolute Gasteiger partial charge is 0.383 e. The van der Waals surface area contributed by atoms with E-state index < -0.39 is 0 Å². The molecule has 6 nitrogen and oxygen atoms in total. The first-order valence-electron chi connectivity index (χ1n) is 7.54. The van der Waals surface area contributed by atoms with Gasteiger partial charge in [-0.2, -0.15) is 0 Å². The summed E-state index contributed by atoms with van der Waals surface area (Å²) in [6.07, 6.45) is 0. The third-order valence-electron chi connectivity index (χ3n) is 2.94. The van der Waals surface area contributed by atoms with Crippen molar-refractivity contribution in [2.45, 2.75) is 24.0 Å². The van der Waals surface area contributed by atoms with Crippen molar-refractivity contribution in [1.29, 1.82) is 0 Å². The zero-order chi connectivity index (χ0) is 17.1. The van der Waals surface area contributed by atoms with Crippen LogP contribution in [-0.2, 0) is 14.3 Å². The van der Waals surface area contributed by atoms with Gasteiger partial charge in [0.25, 0.3) is 0 Å². The van der Waals surface area contributed by atoms with Gasteiger partial charge in [0.1, 0.15) is 0 Å². The molecule has 0 aliphatic rings. The normalized spacial score (nSPS) is 11.3. The SMILES string of the molecule is COCCNCCNC(=O)C(C)Sc1ccc(NC(C)=O)cc1.Cl. The Bertz CT molecular complexity index is 500. The van der Waals surface area contributed by atoms with Gasteiger partial charge in [0.05, 0.1) is 11.9 Å². The Morgan fingerprint density at radius 1 is 1.17 bits per heavy atom. The highest BCUT2D eigenvalue weighted by atomic mass is 35.5. The molecule has 0 radical (unpaired) electrons. The van der Waals surface area contributed by atoms with E-state index in [4.69, 9.17) is 4.74 Å². The number of benzene rings is 1. The minimum Gasteiger partial charge on any atom is -0.383 e. The minimum atomic E-state index is -0.180. The van der Waals surface area contributed by atoms with E-state index in [0.29, 0.717) is 13.2 Å². The molecule has 1 aromatic rings. The van der Waals surface area contributed by atoms with E-state index in [0.717, 1.165) is 23.7 Å². The number of halogens is 1. The highest BCUT2D eigenvalue weighted by Gasteiger charge is 2.13. The first-order valence-corrected chi connectivity index (χ1v) is 8.42. The fourth-order valence-electron chi connectivity index (χ4n) is 1.79. The summed E-state index contributed by atoms with van der Waals surface area (Å²) in [4.78, 5) is 24.0. The molecule has 8 heteroatoms. The second kappa shape index (κ2) is 13.1. The lowest BCUT2D eigenvalue weighted by atomic mass is 10.3. The average molecular weight is 376 g/mol. The van der Waals surface area contributed by atoms with Crippen LogP contribution in [0.15, 0.2) is 29.2 Å². The van der Waals surface area contributed by atoms with Crippen molar-refractivity contribution in [1.82, 2.24) is 10.6 Å². The number of thioether (sulfide) groups is 1. The summed E-state index contributed by atoms with van der Waals surface area (Å²) in [6, 6.07) is 7.44. The number of amides is 2. The molecule has 24 heavy (non-hydrogen) atoms. The fraction of sp³-hybridized carbons (Fsp3) is 0.500. The number of hydrogen-bond donors (Lipinski definition) is 3. The summed E-state index contributed by atoms with van der Waals surface area (Å²) >= 11 is 1.49. The lowest BCUT2D eigenvalue weighted by molar-refractivity contribution is -0.120. The molecular weight excluding hydrogens is 350 g/mol. The van der Waals surface area contributed by atoms with Crippen LogP contribution in [0.25, 0.3) is 0 Å². The van der Waals surface area contributed by atoms with Gasteiger partial charge in [-0.15, -0.1) is 24.2 Å². The summed E-state index contributed by atoms with van der Waals surface area (Å²) in [5, 5.41) is 8.60. The smallest absolute Gasteiger partial charge is 0.233 e. The molecule has 0 spiro atoms. The van der Waals surface area contributed by atoms with Crippen LogP contribution in [0.1, 0.15) is 13.8 Å². The van der Waals surface area contributed by atoms with Crippen LogP contribution in [0.5, 0.6) is 0 Å². The van der Waals surface area contributed by atoms with E-state index in [1.165, 1.54) is 18.7 Å². The predicted octanol–water partition coefficient (Wildman–Crippen LogP) is 1.90. The van der Waals surface area contributed by atoms with Crippen molar-refractivity contribution in [3.63, 3.8) is 0 Å². The third kappa shape index (κ3) is 9.77. The molecule has 0 aliphatic heterocycles. The molecule has 0 heterocycles. The van der Waals surface area contributed by atoms with E-state index in [9.17, 15) is 9.59 Å². The van der Waals surface area contributed by atoms with Crippen molar-refractivity contribution in [3.8, 4) is 0 Å². The van der Waals surface area contributed by atoms with Crippen molar-refractivity contribution < 1.29 is 14.3 Å². The molecule has 136 valence electrons. The maximum Gasteiger partial charge on any atom is 0.233 e. The van der Waals surface area contributed by atoms with Gasteiger partial charge in [0.2, 0.25) is 11.8 Å². The summed E-state index contributed by atoms with van der Waals surface area (Å²) in [5.74, 6) is -0.0910. The molecule has 0 saturated carbocycles. The van der Waals surface area contributed by atoms with Crippen LogP contribution in [-0.4, -0.2) is 50.4 Å². The Balaban J connectivity index is 0.00000529. The van der Waals surface area contributed by atoms with Gasteiger partial charge in [-0.25, -0.2) is 0 Å². The molecule has 0 saturated heterocycles. The number of hydrogen-bond acceptors (Lipinski definition) is 5. The Morgan fingerprint density at radius 3 is 2.42 bits per heavy atom. The van der Waals surface area contributed by atoms with Crippen LogP contribution in [0, 0.1) is 0 Å². The summed E-state index contributed by atoms with van der Waals surface area (Å²) in [7, 11) is 1.66. The molecule has 0 fully saturated rings. The number of anilines is 1. The quantitative estimate of drug-likeness (QED) is 0.430. The number of rotatable bonds is 10. The van der Waals surface area contributed by atoms with Crippen LogP contribution in [0.3, 0.4) is 0 Å². The molecule has 0 aliphatic carbocycles. The Morgan fingerprint density at radius 2 is 1.83 bits per heavy atom. The maximum atomic E-state index is 12.0. The Labute approximate surface area is 153 Å². The molecule has 3 N–H and O–H groups in total. The number of methoxy groups -OCH3 is 1. The molecular formula is C16H26ClN3O3S. The summed E-state index contributed by atoms with van der Waals surface area (Å²) in [6.45, 7) is 6.10. The fourth-order valence-corrected chi connectivity index (χ4v) is 2.69. The first kappa shape index (κ1) is 22.7. The monoisotopic (exact) mass is 375 g/mol. The molecule has 1 unspecified atom stereocenters. The zero-order valence-electron chi connectivity index (χ0n) is 14.3. The van der Waals surface area contributed by atoms with Gasteiger partial charge < -0.3 is 20.7 Å². The van der Waals surface area contributed by atoms with Crippen LogP contribution >= 0.6 is 24.2 Å². The zero-order valence-corrected chi connectivity index (χ0v) is 15.9. The molecule has 1 rings (SSSR count). The second-order valence-corrected chi connectivity index (χ2v) is 6.41. The maximum absolute atomic E-state index is 12.0. The van der Waals surface area contributed by atoms with E-state index in [1.807, 2.05) is 31.2 Å². The molecule has 0 bridgehead atoms. The van der Waals surface area contributed by atoms with Gasteiger partial charge in [0, 0.05) is 44.3 Å². The van der Waals surface area contributed by atoms with Crippen molar-refractivity contribution >= 4 is 41.7 Å². The first-order chi connectivity index (χ1) is 11.0. The Kier molecular flexibility index (Phi) is 12.4. The highest BCUT2D eigenvalue weighted by Crippen LogP contribution is 2.24. The number of ether oxygens (including phenoxy) is 1. The topological polar surface area (TPSA) is 79.5 Å². The lowest BCUT2D eigenvalue weighted by Crippen LogP contribution is -2.36. The van der Waals surface area contributed by atoms with E-state index in [2.05, 4.69) is 16.0 Å². The van der Waals surface area contributed by atoms with Gasteiger partial charge in [-0.3, -0.25) is 9.59 Å². The molecule has 1 aromatic carbocycles. The van der Waals surface area contributed by atoms with Crippen molar-refractivity contribution in [2.24, 2.45) is 0 Å². The van der Waals surface area contributed by atoms with Gasteiger partial charge in [0.15, 0.2) is 0 Å².